The minimum atomic E-state index is -3.82. The van der Waals surface area contributed by atoms with Gasteiger partial charge in [-0.25, -0.2) is 9.37 Å². The number of aromatic nitrogens is 1. The zero-order chi connectivity index (χ0) is 13.9. The normalized spacial score (nSPS) is 11.3. The maximum absolute atomic E-state index is 13.0. The Morgan fingerprint density at radius 2 is 2.05 bits per heavy atom. The van der Waals surface area contributed by atoms with Crippen LogP contribution in [-0.2, 0) is 16.6 Å². The van der Waals surface area contributed by atoms with E-state index in [1.165, 1.54) is 30.5 Å². The van der Waals surface area contributed by atoms with Gasteiger partial charge in [0.15, 0.2) is 5.03 Å². The van der Waals surface area contributed by atoms with Gasteiger partial charge in [0.1, 0.15) is 5.82 Å². The first kappa shape index (κ1) is 13.4. The van der Waals surface area contributed by atoms with Crippen LogP contribution in [0.25, 0.3) is 0 Å². The predicted molar refractivity (Wildman–Crippen MR) is 69.3 cm³/mol. The van der Waals surface area contributed by atoms with Gasteiger partial charge in [0.2, 0.25) is 0 Å². The molecule has 2 aromatic rings. The number of benzene rings is 1. The lowest BCUT2D eigenvalue weighted by atomic mass is 10.3. The zero-order valence-electron chi connectivity index (χ0n) is 9.88. The molecule has 0 amide bonds. The van der Waals surface area contributed by atoms with Crippen molar-refractivity contribution in [3.63, 3.8) is 0 Å². The van der Waals surface area contributed by atoms with Crippen LogP contribution in [0.4, 0.5) is 10.1 Å². The van der Waals surface area contributed by atoms with Gasteiger partial charge in [0, 0.05) is 12.7 Å². The molecular formula is C12H12FN3O2S. The van der Waals surface area contributed by atoms with Gasteiger partial charge in [-0.15, -0.1) is 0 Å². The number of hydrogen-bond donors (Lipinski definition) is 2. The Bertz CT molecular complexity index is 672. The molecule has 3 N–H and O–H groups in total. The third kappa shape index (κ3) is 3.27. The van der Waals surface area contributed by atoms with Gasteiger partial charge < -0.3 is 5.73 Å². The number of anilines is 1. The molecule has 0 atom stereocenters. The summed E-state index contributed by atoms with van der Waals surface area (Å²) in [5, 5.41) is -0.144. The van der Waals surface area contributed by atoms with Crippen LogP contribution >= 0.6 is 0 Å². The lowest BCUT2D eigenvalue weighted by Gasteiger charge is -2.07. The van der Waals surface area contributed by atoms with Crippen molar-refractivity contribution in [1.29, 1.82) is 0 Å². The molecule has 19 heavy (non-hydrogen) atoms. The Morgan fingerprint density at radius 3 is 2.63 bits per heavy atom. The summed E-state index contributed by atoms with van der Waals surface area (Å²) in [5.41, 5.74) is 6.27. The van der Waals surface area contributed by atoms with Crippen molar-refractivity contribution in [3.05, 3.63) is 54.0 Å². The van der Waals surface area contributed by atoms with Gasteiger partial charge in [0.05, 0.1) is 5.69 Å². The van der Waals surface area contributed by atoms with E-state index in [0.717, 1.165) is 11.6 Å². The molecule has 0 unspecified atom stereocenters. The van der Waals surface area contributed by atoms with Crippen molar-refractivity contribution in [2.75, 3.05) is 4.72 Å². The first-order valence-electron chi connectivity index (χ1n) is 5.44. The molecule has 1 aromatic carbocycles. The molecule has 0 saturated heterocycles. The highest BCUT2D eigenvalue weighted by Crippen LogP contribution is 2.15. The largest absolute Gasteiger partial charge is 0.326 e. The van der Waals surface area contributed by atoms with Crippen molar-refractivity contribution in [3.8, 4) is 0 Å². The molecule has 1 heterocycles. The van der Waals surface area contributed by atoms with Gasteiger partial charge in [-0.05, 0) is 29.8 Å². The second-order valence-electron chi connectivity index (χ2n) is 3.82. The Hall–Kier alpha value is -1.99. The molecule has 0 bridgehead atoms. The minimum absolute atomic E-state index is 0.143. The zero-order valence-corrected chi connectivity index (χ0v) is 10.7. The SMILES string of the molecule is NCc1ccc(S(=O)(=O)Nc2cccc(F)c2)nc1. The molecule has 0 radical (unpaired) electrons. The van der Waals surface area contributed by atoms with Crippen LogP contribution in [0.3, 0.4) is 0 Å². The summed E-state index contributed by atoms with van der Waals surface area (Å²) in [6, 6.07) is 8.11. The first-order valence-corrected chi connectivity index (χ1v) is 6.93. The molecule has 0 spiro atoms. The Balaban J connectivity index is 2.27. The Kier molecular flexibility index (Phi) is 3.77. The van der Waals surface area contributed by atoms with E-state index in [1.807, 2.05) is 0 Å². The summed E-state index contributed by atoms with van der Waals surface area (Å²) in [6.45, 7) is 0.282. The number of rotatable bonds is 4. The van der Waals surface area contributed by atoms with Gasteiger partial charge in [-0.3, -0.25) is 4.72 Å². The summed E-state index contributed by atoms with van der Waals surface area (Å²) >= 11 is 0. The first-order chi connectivity index (χ1) is 9.01. The standard InChI is InChI=1S/C12H12FN3O2S/c13-10-2-1-3-11(6-10)16-19(17,18)12-5-4-9(7-14)8-15-12/h1-6,8,16H,7,14H2. The molecule has 0 aliphatic carbocycles. The Labute approximate surface area is 110 Å². The van der Waals surface area contributed by atoms with E-state index in [-0.39, 0.29) is 17.3 Å². The molecule has 0 fully saturated rings. The van der Waals surface area contributed by atoms with Gasteiger partial charge >= 0.3 is 0 Å². The molecule has 0 saturated carbocycles. The summed E-state index contributed by atoms with van der Waals surface area (Å²) in [5.74, 6) is -0.522. The third-order valence-electron chi connectivity index (χ3n) is 2.39. The number of pyridine rings is 1. The van der Waals surface area contributed by atoms with Crippen molar-refractivity contribution >= 4 is 15.7 Å². The van der Waals surface area contributed by atoms with Crippen molar-refractivity contribution in [2.24, 2.45) is 5.73 Å². The molecule has 0 aliphatic rings. The summed E-state index contributed by atoms with van der Waals surface area (Å²) in [4.78, 5) is 3.82. The maximum Gasteiger partial charge on any atom is 0.279 e. The molecule has 7 heteroatoms. The number of halogens is 1. The molecule has 2 rings (SSSR count). The average molecular weight is 281 g/mol. The quantitative estimate of drug-likeness (QED) is 0.889. The van der Waals surface area contributed by atoms with Crippen LogP contribution in [0.15, 0.2) is 47.6 Å². The van der Waals surface area contributed by atoms with Crippen LogP contribution in [0.5, 0.6) is 0 Å². The van der Waals surface area contributed by atoms with E-state index < -0.39 is 15.8 Å². The number of sulfonamides is 1. The summed E-state index contributed by atoms with van der Waals surface area (Å²) in [7, 11) is -3.82. The number of hydrogen-bond acceptors (Lipinski definition) is 4. The molecule has 5 nitrogen and oxygen atoms in total. The Morgan fingerprint density at radius 1 is 1.26 bits per heavy atom. The highest BCUT2D eigenvalue weighted by molar-refractivity contribution is 7.92. The lowest BCUT2D eigenvalue weighted by molar-refractivity contribution is 0.597. The smallest absolute Gasteiger partial charge is 0.279 e. The van der Waals surface area contributed by atoms with E-state index in [9.17, 15) is 12.8 Å². The average Bonchev–Trinajstić information content (AvgIpc) is 2.38. The fraction of sp³-hybridized carbons (Fsp3) is 0.0833. The number of nitrogens with one attached hydrogen (secondary N) is 1. The number of nitrogens with zero attached hydrogens (tertiary/aromatic N) is 1. The number of nitrogens with two attached hydrogens (primary N) is 1. The van der Waals surface area contributed by atoms with Crippen molar-refractivity contribution in [2.45, 2.75) is 11.6 Å². The maximum atomic E-state index is 13.0. The fourth-order valence-corrected chi connectivity index (χ4v) is 2.43. The van der Waals surface area contributed by atoms with Crippen LogP contribution in [0, 0.1) is 5.82 Å². The van der Waals surface area contributed by atoms with Crippen LogP contribution in [0.2, 0.25) is 0 Å². The molecule has 1 aromatic heterocycles. The third-order valence-corrected chi connectivity index (χ3v) is 3.68. The topological polar surface area (TPSA) is 85.1 Å². The molecule has 0 aliphatic heterocycles. The molecular weight excluding hydrogens is 269 g/mol. The van der Waals surface area contributed by atoms with E-state index in [4.69, 9.17) is 5.73 Å². The predicted octanol–water partition coefficient (Wildman–Crippen LogP) is 1.48. The van der Waals surface area contributed by atoms with E-state index in [1.54, 1.807) is 6.07 Å². The van der Waals surface area contributed by atoms with Crippen LogP contribution in [0.1, 0.15) is 5.56 Å². The van der Waals surface area contributed by atoms with Gasteiger partial charge in [0.25, 0.3) is 10.0 Å². The minimum Gasteiger partial charge on any atom is -0.326 e. The molecule has 100 valence electrons. The van der Waals surface area contributed by atoms with E-state index in [0.29, 0.717) is 0 Å². The summed E-state index contributed by atoms with van der Waals surface area (Å²) < 4.78 is 39.2. The van der Waals surface area contributed by atoms with E-state index in [2.05, 4.69) is 9.71 Å². The second-order valence-corrected chi connectivity index (χ2v) is 5.45. The highest BCUT2D eigenvalue weighted by atomic mass is 32.2. The monoisotopic (exact) mass is 281 g/mol. The summed E-state index contributed by atoms with van der Waals surface area (Å²) in [6.07, 6.45) is 1.39. The van der Waals surface area contributed by atoms with Crippen molar-refractivity contribution < 1.29 is 12.8 Å². The van der Waals surface area contributed by atoms with Gasteiger partial charge in [-0.1, -0.05) is 12.1 Å². The lowest BCUT2D eigenvalue weighted by Crippen LogP contribution is -2.14. The second kappa shape index (κ2) is 5.33. The highest BCUT2D eigenvalue weighted by Gasteiger charge is 2.15. The van der Waals surface area contributed by atoms with Crippen molar-refractivity contribution in [1.82, 2.24) is 4.98 Å². The van der Waals surface area contributed by atoms with Crippen LogP contribution < -0.4 is 10.5 Å². The fourth-order valence-electron chi connectivity index (χ4n) is 1.45. The van der Waals surface area contributed by atoms with E-state index >= 15 is 0 Å². The van der Waals surface area contributed by atoms with Crippen LogP contribution in [-0.4, -0.2) is 13.4 Å². The van der Waals surface area contributed by atoms with Gasteiger partial charge in [-0.2, -0.15) is 8.42 Å².